The van der Waals surface area contributed by atoms with E-state index in [2.05, 4.69) is 9.80 Å². The van der Waals surface area contributed by atoms with E-state index in [1.54, 1.807) is 0 Å². The molecule has 0 aromatic heterocycles. The second-order valence-electron chi connectivity index (χ2n) is 8.50. The van der Waals surface area contributed by atoms with Crippen LogP contribution in [0.3, 0.4) is 0 Å². The molecule has 134 valence electrons. The molecular weight excluding hydrogens is 300 g/mol. The van der Waals surface area contributed by atoms with Gasteiger partial charge in [0.15, 0.2) is 0 Å². The van der Waals surface area contributed by atoms with Crippen molar-refractivity contribution in [3.8, 4) is 0 Å². The summed E-state index contributed by atoms with van der Waals surface area (Å²) in [5.41, 5.74) is 0. The SMILES string of the molecule is O=C(C1C2CCC(CC2)C1C(=O)N1CCCCC1)N1CCCCC1. The zero-order chi connectivity index (χ0) is 16.5. The van der Waals surface area contributed by atoms with Crippen molar-refractivity contribution in [1.29, 1.82) is 0 Å². The Hall–Kier alpha value is -1.06. The molecular formula is C20H32N2O2. The molecule has 2 saturated heterocycles. The van der Waals surface area contributed by atoms with Crippen LogP contribution in [0.2, 0.25) is 0 Å². The fourth-order valence-electron chi connectivity index (χ4n) is 5.81. The number of piperidine rings is 2. The summed E-state index contributed by atoms with van der Waals surface area (Å²) in [5, 5.41) is 0. The average molecular weight is 332 g/mol. The van der Waals surface area contributed by atoms with Crippen LogP contribution in [0.25, 0.3) is 0 Å². The third-order valence-corrected chi connectivity index (χ3v) is 7.12. The highest BCUT2D eigenvalue weighted by atomic mass is 16.2. The Kier molecular flexibility index (Phi) is 4.82. The predicted octanol–water partition coefficient (Wildman–Crippen LogP) is 3.06. The maximum absolute atomic E-state index is 13.3. The van der Waals surface area contributed by atoms with Crippen molar-refractivity contribution in [3.05, 3.63) is 0 Å². The van der Waals surface area contributed by atoms with E-state index in [1.807, 2.05) is 0 Å². The highest BCUT2D eigenvalue weighted by Crippen LogP contribution is 2.50. The summed E-state index contributed by atoms with van der Waals surface area (Å²) in [6.07, 6.45) is 11.7. The topological polar surface area (TPSA) is 40.6 Å². The lowest BCUT2D eigenvalue weighted by Gasteiger charge is -2.49. The lowest BCUT2D eigenvalue weighted by Crippen LogP contribution is -2.55. The normalized spacial score (nSPS) is 36.7. The van der Waals surface area contributed by atoms with Crippen LogP contribution in [0.4, 0.5) is 0 Å². The Morgan fingerprint density at radius 2 is 0.875 bits per heavy atom. The van der Waals surface area contributed by atoms with Gasteiger partial charge in [0.25, 0.3) is 0 Å². The molecule has 5 aliphatic rings. The van der Waals surface area contributed by atoms with E-state index in [0.29, 0.717) is 23.7 Å². The van der Waals surface area contributed by atoms with Crippen LogP contribution in [0.1, 0.15) is 64.2 Å². The second-order valence-corrected chi connectivity index (χ2v) is 8.50. The molecule has 4 nitrogen and oxygen atoms in total. The largest absolute Gasteiger partial charge is 0.342 e. The summed E-state index contributed by atoms with van der Waals surface area (Å²) in [6.45, 7) is 3.66. The fourth-order valence-corrected chi connectivity index (χ4v) is 5.81. The number of nitrogens with zero attached hydrogens (tertiary/aromatic N) is 2. The lowest BCUT2D eigenvalue weighted by molar-refractivity contribution is -0.159. The molecule has 0 aromatic rings. The van der Waals surface area contributed by atoms with Crippen LogP contribution < -0.4 is 0 Å². The van der Waals surface area contributed by atoms with E-state index >= 15 is 0 Å². The molecule has 3 aliphatic carbocycles. The van der Waals surface area contributed by atoms with Gasteiger partial charge in [-0.2, -0.15) is 0 Å². The molecule has 2 heterocycles. The Balaban J connectivity index is 1.54. The van der Waals surface area contributed by atoms with Crippen molar-refractivity contribution in [3.63, 3.8) is 0 Å². The highest BCUT2D eigenvalue weighted by Gasteiger charge is 2.52. The Bertz CT molecular complexity index is 428. The standard InChI is InChI=1S/C20H32N2O2/c23-19(21-11-3-1-4-12-21)17-15-7-9-16(10-8-15)18(17)20(24)22-13-5-2-6-14-22/h15-18H,1-14H2. The lowest BCUT2D eigenvalue weighted by atomic mass is 9.57. The highest BCUT2D eigenvalue weighted by molar-refractivity contribution is 5.89. The molecule has 0 aromatic carbocycles. The van der Waals surface area contributed by atoms with Crippen LogP contribution in [0.15, 0.2) is 0 Å². The Morgan fingerprint density at radius 1 is 0.542 bits per heavy atom. The summed E-state index contributed by atoms with van der Waals surface area (Å²) in [4.78, 5) is 30.8. The zero-order valence-electron chi connectivity index (χ0n) is 14.9. The molecule has 2 atom stereocenters. The first-order valence-corrected chi connectivity index (χ1v) is 10.3. The summed E-state index contributed by atoms with van der Waals surface area (Å²) in [7, 11) is 0. The summed E-state index contributed by atoms with van der Waals surface area (Å²) >= 11 is 0. The van der Waals surface area contributed by atoms with Gasteiger partial charge in [-0.05, 0) is 76.0 Å². The molecule has 5 rings (SSSR count). The third-order valence-electron chi connectivity index (χ3n) is 7.12. The van der Waals surface area contributed by atoms with Crippen molar-refractivity contribution in [2.75, 3.05) is 26.2 Å². The van der Waals surface area contributed by atoms with Crippen LogP contribution >= 0.6 is 0 Å². The average Bonchev–Trinajstić information content (AvgIpc) is 2.68. The van der Waals surface area contributed by atoms with Gasteiger partial charge in [0.2, 0.25) is 11.8 Å². The molecule has 2 aliphatic heterocycles. The minimum Gasteiger partial charge on any atom is -0.342 e. The molecule has 4 heteroatoms. The van der Waals surface area contributed by atoms with Gasteiger partial charge in [-0.15, -0.1) is 0 Å². The molecule has 0 spiro atoms. The molecule has 3 saturated carbocycles. The van der Waals surface area contributed by atoms with Gasteiger partial charge in [-0.25, -0.2) is 0 Å². The van der Waals surface area contributed by atoms with Gasteiger partial charge in [-0.3, -0.25) is 9.59 Å². The number of hydrogen-bond donors (Lipinski definition) is 0. The first kappa shape index (κ1) is 16.4. The zero-order valence-corrected chi connectivity index (χ0v) is 14.9. The number of amides is 2. The van der Waals surface area contributed by atoms with Gasteiger partial charge in [-0.1, -0.05) is 0 Å². The van der Waals surface area contributed by atoms with E-state index in [4.69, 9.17) is 0 Å². The van der Waals surface area contributed by atoms with Gasteiger partial charge >= 0.3 is 0 Å². The minimum absolute atomic E-state index is 0.00923. The molecule has 2 bridgehead atoms. The predicted molar refractivity (Wildman–Crippen MR) is 93.3 cm³/mol. The van der Waals surface area contributed by atoms with Crippen LogP contribution in [-0.4, -0.2) is 47.8 Å². The monoisotopic (exact) mass is 332 g/mol. The van der Waals surface area contributed by atoms with E-state index in [0.717, 1.165) is 51.9 Å². The third kappa shape index (κ3) is 2.97. The van der Waals surface area contributed by atoms with E-state index in [-0.39, 0.29) is 11.8 Å². The van der Waals surface area contributed by atoms with Crippen LogP contribution in [0, 0.1) is 23.7 Å². The summed E-state index contributed by atoms with van der Waals surface area (Å²) in [6, 6.07) is 0. The number of fused-ring (bicyclic) bond motifs is 3. The molecule has 2 unspecified atom stereocenters. The van der Waals surface area contributed by atoms with Crippen molar-refractivity contribution >= 4 is 11.8 Å². The molecule has 24 heavy (non-hydrogen) atoms. The smallest absolute Gasteiger partial charge is 0.226 e. The molecule has 5 fully saturated rings. The van der Waals surface area contributed by atoms with Gasteiger partial charge in [0.05, 0.1) is 11.8 Å². The fraction of sp³-hybridized carbons (Fsp3) is 0.900. The Morgan fingerprint density at radius 3 is 1.21 bits per heavy atom. The Labute approximate surface area is 145 Å². The van der Waals surface area contributed by atoms with Crippen molar-refractivity contribution in [1.82, 2.24) is 9.80 Å². The number of carbonyl (C=O) groups is 2. The van der Waals surface area contributed by atoms with Gasteiger partial charge in [0, 0.05) is 26.2 Å². The number of likely N-dealkylation sites (tertiary alicyclic amines) is 2. The van der Waals surface area contributed by atoms with E-state index in [9.17, 15) is 9.59 Å². The van der Waals surface area contributed by atoms with Crippen LogP contribution in [-0.2, 0) is 9.59 Å². The summed E-state index contributed by atoms with van der Waals surface area (Å²) in [5.74, 6) is 1.54. The van der Waals surface area contributed by atoms with Crippen molar-refractivity contribution in [2.45, 2.75) is 64.2 Å². The molecule has 0 radical (unpaired) electrons. The number of carbonyl (C=O) groups excluding carboxylic acids is 2. The van der Waals surface area contributed by atoms with Crippen molar-refractivity contribution < 1.29 is 9.59 Å². The maximum atomic E-state index is 13.3. The second kappa shape index (κ2) is 7.05. The van der Waals surface area contributed by atoms with Gasteiger partial charge < -0.3 is 9.80 Å². The van der Waals surface area contributed by atoms with Crippen molar-refractivity contribution in [2.24, 2.45) is 23.7 Å². The van der Waals surface area contributed by atoms with Gasteiger partial charge in [0.1, 0.15) is 0 Å². The minimum atomic E-state index is -0.00923. The number of hydrogen-bond acceptors (Lipinski definition) is 2. The van der Waals surface area contributed by atoms with E-state index < -0.39 is 0 Å². The van der Waals surface area contributed by atoms with E-state index in [1.165, 1.54) is 38.5 Å². The first-order valence-electron chi connectivity index (χ1n) is 10.3. The molecule has 0 N–H and O–H groups in total. The summed E-state index contributed by atoms with van der Waals surface area (Å²) < 4.78 is 0. The maximum Gasteiger partial charge on any atom is 0.226 e. The first-order chi connectivity index (χ1) is 11.8. The quantitative estimate of drug-likeness (QED) is 0.780. The molecule has 2 amide bonds. The number of rotatable bonds is 2. The van der Waals surface area contributed by atoms with Crippen LogP contribution in [0.5, 0.6) is 0 Å².